The fourth-order valence-electron chi connectivity index (χ4n) is 3.32. The Kier molecular flexibility index (Phi) is 5.92. The molecule has 0 saturated heterocycles. The number of nitrogens with one attached hydrogen (secondary N) is 1. The van der Waals surface area contributed by atoms with Crippen LogP contribution in [0.15, 0.2) is 45.7 Å². The summed E-state index contributed by atoms with van der Waals surface area (Å²) in [4.78, 5) is 27.9. The lowest BCUT2D eigenvalue weighted by molar-refractivity contribution is -0.110. The van der Waals surface area contributed by atoms with Gasteiger partial charge in [0.1, 0.15) is 16.3 Å². The molecule has 0 fully saturated rings. The third kappa shape index (κ3) is 4.26. The van der Waals surface area contributed by atoms with Gasteiger partial charge in [-0.15, -0.1) is 11.3 Å². The number of nitrogens with zero attached hydrogens (tertiary/aromatic N) is 2. The topological polar surface area (TPSA) is 54.3 Å². The zero-order chi connectivity index (χ0) is 22.3. The van der Waals surface area contributed by atoms with E-state index in [0.717, 1.165) is 27.9 Å². The first-order valence-corrected chi connectivity index (χ1v) is 11.0. The molecule has 2 aromatic carbocycles. The molecule has 0 radical (unpaired) electrons. The standard InChI is InChI=1S/C22H18BrF2N3O2S/c1-27(2)7-8-28-21(30)18(9-12-3-5-14(24)11-16(12)25)31-22(28)19-15-10-13(23)4-6-17(15)26-20(19)29/h3-6,9-11H,7-8H2,1-2H3,(H,26,29)/b18-9-,22-19+. The third-order valence-corrected chi connectivity index (χ3v) is 6.49. The van der Waals surface area contributed by atoms with Gasteiger partial charge < -0.3 is 10.2 Å². The van der Waals surface area contributed by atoms with Crippen molar-refractivity contribution in [2.45, 2.75) is 6.54 Å². The van der Waals surface area contributed by atoms with Crippen molar-refractivity contribution >= 4 is 50.5 Å². The largest absolute Gasteiger partial charge is 0.321 e. The molecule has 0 unspecified atom stereocenters. The lowest BCUT2D eigenvalue weighted by Gasteiger charge is -2.10. The molecule has 0 aliphatic carbocycles. The van der Waals surface area contributed by atoms with Crippen molar-refractivity contribution in [1.82, 2.24) is 9.47 Å². The van der Waals surface area contributed by atoms with E-state index in [4.69, 9.17) is 0 Å². The molecular formula is C22H18BrF2N3O2S. The molecule has 160 valence electrons. The van der Waals surface area contributed by atoms with Gasteiger partial charge in [-0.05, 0) is 50.5 Å². The molecule has 31 heavy (non-hydrogen) atoms. The van der Waals surface area contributed by atoms with E-state index in [1.807, 2.05) is 31.1 Å². The molecule has 0 atom stereocenters. The van der Waals surface area contributed by atoms with Crippen molar-refractivity contribution in [3.05, 3.63) is 83.2 Å². The second-order valence-corrected chi connectivity index (χ2v) is 9.31. The Morgan fingerprint density at radius 2 is 1.94 bits per heavy atom. The van der Waals surface area contributed by atoms with Crippen LogP contribution in [0.2, 0.25) is 0 Å². The Balaban J connectivity index is 2.01. The van der Waals surface area contributed by atoms with Gasteiger partial charge in [0.25, 0.3) is 11.5 Å². The summed E-state index contributed by atoms with van der Waals surface area (Å²) in [5.41, 5.74) is 1.54. The molecule has 0 spiro atoms. The highest BCUT2D eigenvalue weighted by Gasteiger charge is 2.27. The fraction of sp³-hybridized carbons (Fsp3) is 0.182. The summed E-state index contributed by atoms with van der Waals surface area (Å²) >= 11 is 4.55. The monoisotopic (exact) mass is 505 g/mol. The maximum absolute atomic E-state index is 14.2. The van der Waals surface area contributed by atoms with Crippen LogP contribution in [0, 0.1) is 11.6 Å². The van der Waals surface area contributed by atoms with E-state index in [9.17, 15) is 18.4 Å². The fourth-order valence-corrected chi connectivity index (χ4v) is 4.86. The maximum atomic E-state index is 14.2. The third-order valence-electron chi connectivity index (χ3n) is 4.87. The summed E-state index contributed by atoms with van der Waals surface area (Å²) in [6, 6.07) is 8.65. The second-order valence-electron chi connectivity index (χ2n) is 7.36. The zero-order valence-corrected chi connectivity index (χ0v) is 19.1. The Morgan fingerprint density at radius 3 is 2.65 bits per heavy atom. The van der Waals surface area contributed by atoms with Crippen LogP contribution in [0.1, 0.15) is 11.1 Å². The number of halogens is 3. The molecule has 0 bridgehead atoms. The van der Waals surface area contributed by atoms with Gasteiger partial charge in [-0.2, -0.15) is 0 Å². The van der Waals surface area contributed by atoms with Gasteiger partial charge in [-0.3, -0.25) is 14.2 Å². The highest BCUT2D eigenvalue weighted by molar-refractivity contribution is 9.10. The van der Waals surface area contributed by atoms with E-state index in [0.29, 0.717) is 34.6 Å². The predicted molar refractivity (Wildman–Crippen MR) is 122 cm³/mol. The number of benzene rings is 2. The number of hydrogen-bond acceptors (Lipinski definition) is 4. The number of fused-ring (bicyclic) bond motifs is 1. The van der Waals surface area contributed by atoms with Gasteiger partial charge in [0.2, 0.25) is 0 Å². The van der Waals surface area contributed by atoms with Crippen LogP contribution >= 0.6 is 27.3 Å². The predicted octanol–water partition coefficient (Wildman–Crippen LogP) is 2.49. The van der Waals surface area contributed by atoms with E-state index < -0.39 is 11.6 Å². The molecule has 2 heterocycles. The van der Waals surface area contributed by atoms with Crippen molar-refractivity contribution in [3.8, 4) is 0 Å². The molecule has 0 saturated carbocycles. The normalized spacial score (nSPS) is 15.5. The minimum atomic E-state index is -0.755. The number of rotatable bonds is 4. The van der Waals surface area contributed by atoms with Crippen LogP contribution < -0.4 is 20.1 Å². The Hall–Kier alpha value is -2.62. The van der Waals surface area contributed by atoms with E-state index >= 15 is 0 Å². The first-order valence-electron chi connectivity index (χ1n) is 9.41. The van der Waals surface area contributed by atoms with Crippen LogP contribution in [0.4, 0.5) is 14.5 Å². The number of aromatic nitrogens is 1. The Bertz CT molecular complexity index is 1380. The zero-order valence-electron chi connectivity index (χ0n) is 16.7. The minimum absolute atomic E-state index is 0.107. The number of carbonyl (C=O) groups is 1. The van der Waals surface area contributed by atoms with Crippen molar-refractivity contribution in [2.75, 3.05) is 26.0 Å². The molecule has 1 aliphatic heterocycles. The lowest BCUT2D eigenvalue weighted by atomic mass is 10.1. The van der Waals surface area contributed by atoms with E-state index in [-0.39, 0.29) is 21.6 Å². The molecular weight excluding hydrogens is 488 g/mol. The highest BCUT2D eigenvalue weighted by atomic mass is 79.9. The molecule has 1 aliphatic rings. The van der Waals surface area contributed by atoms with Gasteiger partial charge >= 0.3 is 0 Å². The first-order chi connectivity index (χ1) is 14.7. The van der Waals surface area contributed by atoms with Gasteiger partial charge in [-0.1, -0.05) is 15.9 Å². The average molecular weight is 506 g/mol. The molecule has 5 nitrogen and oxygen atoms in total. The number of carbonyl (C=O) groups excluding carboxylic acids is 1. The summed E-state index contributed by atoms with van der Waals surface area (Å²) in [5, 5.41) is 2.83. The average Bonchev–Trinajstić information content (AvgIpc) is 3.17. The molecule has 1 amide bonds. The summed E-state index contributed by atoms with van der Waals surface area (Å²) in [6.45, 7) is 0.936. The molecule has 4 rings (SSSR count). The van der Waals surface area contributed by atoms with Gasteiger partial charge in [0, 0.05) is 40.4 Å². The number of thiazole rings is 1. The smallest absolute Gasteiger partial charge is 0.269 e. The van der Waals surface area contributed by atoms with Crippen molar-refractivity contribution in [1.29, 1.82) is 0 Å². The van der Waals surface area contributed by atoms with E-state index in [2.05, 4.69) is 21.2 Å². The van der Waals surface area contributed by atoms with Crippen molar-refractivity contribution in [2.24, 2.45) is 0 Å². The second kappa shape index (κ2) is 8.49. The van der Waals surface area contributed by atoms with Crippen LogP contribution in [-0.2, 0) is 11.3 Å². The molecule has 1 aromatic heterocycles. The van der Waals surface area contributed by atoms with Crippen molar-refractivity contribution < 1.29 is 13.6 Å². The summed E-state index contributed by atoms with van der Waals surface area (Å²) in [7, 11) is 3.78. The highest BCUT2D eigenvalue weighted by Crippen LogP contribution is 2.32. The first kappa shape index (κ1) is 21.6. The van der Waals surface area contributed by atoms with E-state index in [1.165, 1.54) is 12.1 Å². The van der Waals surface area contributed by atoms with Crippen LogP contribution in [-0.4, -0.2) is 36.0 Å². The maximum Gasteiger partial charge on any atom is 0.269 e. The van der Waals surface area contributed by atoms with Crippen LogP contribution in [0.25, 0.3) is 11.6 Å². The summed E-state index contributed by atoms with van der Waals surface area (Å²) in [6.07, 6.45) is 1.40. The van der Waals surface area contributed by atoms with E-state index in [1.54, 1.807) is 10.6 Å². The summed E-state index contributed by atoms with van der Waals surface area (Å²) < 4.78 is 30.5. The molecule has 1 N–H and O–H groups in total. The minimum Gasteiger partial charge on any atom is -0.321 e. The Morgan fingerprint density at radius 1 is 1.16 bits per heavy atom. The van der Waals surface area contributed by atoms with Gasteiger partial charge in [-0.25, -0.2) is 8.78 Å². The SMILES string of the molecule is CN(C)CCn1c(=O)/c(=C/c2ccc(F)cc2F)s/c1=C1/C(=O)Nc2ccc(Br)cc21. The quantitative estimate of drug-likeness (QED) is 0.592. The van der Waals surface area contributed by atoms with Gasteiger partial charge in [0.15, 0.2) is 0 Å². The number of amides is 1. The lowest BCUT2D eigenvalue weighted by Crippen LogP contribution is -2.36. The number of hydrogen-bond donors (Lipinski definition) is 1. The molecule has 9 heteroatoms. The van der Waals surface area contributed by atoms with Crippen LogP contribution in [0.3, 0.4) is 0 Å². The summed E-state index contributed by atoms with van der Waals surface area (Å²) in [5.74, 6) is -1.74. The number of anilines is 1. The Labute approximate surface area is 189 Å². The number of likely N-dealkylation sites (N-methyl/N-ethyl adjacent to an activating group) is 1. The van der Waals surface area contributed by atoms with Crippen molar-refractivity contribution in [3.63, 3.8) is 0 Å². The molecule has 3 aromatic rings. The van der Waals surface area contributed by atoms with Gasteiger partial charge in [0.05, 0.1) is 10.1 Å². The van der Waals surface area contributed by atoms with Crippen LogP contribution in [0.5, 0.6) is 0 Å².